The maximum Gasteiger partial charge on any atom is 0.335 e. The minimum Gasteiger partial charge on any atom is -0.478 e. The van der Waals surface area contributed by atoms with Crippen LogP contribution in [0.25, 0.3) is 0 Å². The predicted octanol–water partition coefficient (Wildman–Crippen LogP) is 2.10. The van der Waals surface area contributed by atoms with E-state index in [2.05, 4.69) is 16.9 Å². The van der Waals surface area contributed by atoms with E-state index in [-0.39, 0.29) is 16.3 Å². The number of carbonyl (C=O) groups excluding carboxylic acids is 1. The summed E-state index contributed by atoms with van der Waals surface area (Å²) in [5.41, 5.74) is 1.09. The van der Waals surface area contributed by atoms with Crippen LogP contribution in [-0.2, 0) is 11.3 Å². The van der Waals surface area contributed by atoms with Crippen molar-refractivity contribution < 1.29 is 19.4 Å². The van der Waals surface area contributed by atoms with Gasteiger partial charge in [0.25, 0.3) is 0 Å². The molecule has 2 amide bonds. The third kappa shape index (κ3) is 5.14. The maximum absolute atomic E-state index is 11.9. The molecule has 0 radical (unpaired) electrons. The number of rotatable bonds is 6. The van der Waals surface area contributed by atoms with Crippen molar-refractivity contribution in [1.82, 2.24) is 10.6 Å². The monoisotopic (exact) mass is 338 g/mol. The Morgan fingerprint density at radius 3 is 2.43 bits per heavy atom. The number of aromatic carboxylic acids is 1. The van der Waals surface area contributed by atoms with Crippen molar-refractivity contribution >= 4 is 23.8 Å². The van der Waals surface area contributed by atoms with Crippen molar-refractivity contribution in [2.24, 2.45) is 0 Å². The molecule has 0 bridgehead atoms. The first kappa shape index (κ1) is 17.6. The van der Waals surface area contributed by atoms with Crippen molar-refractivity contribution in [1.29, 1.82) is 0 Å². The molecule has 0 unspecified atom stereocenters. The lowest BCUT2D eigenvalue weighted by Crippen LogP contribution is -2.47. The van der Waals surface area contributed by atoms with Gasteiger partial charge in [-0.15, -0.1) is 0 Å². The molecule has 7 heteroatoms. The van der Waals surface area contributed by atoms with E-state index in [1.54, 1.807) is 23.9 Å². The highest BCUT2D eigenvalue weighted by Gasteiger charge is 2.31. The van der Waals surface area contributed by atoms with Gasteiger partial charge in [0.2, 0.25) is 0 Å². The van der Waals surface area contributed by atoms with E-state index < -0.39 is 5.97 Å². The fourth-order valence-electron chi connectivity index (χ4n) is 2.45. The summed E-state index contributed by atoms with van der Waals surface area (Å²) in [5.74, 6) is -0.957. The molecule has 0 aromatic heterocycles. The number of carbonyl (C=O) groups is 2. The standard InChI is InChI=1S/C16H22N2O4S/c1-23-16(6-8-22-9-7-16)11-18-15(21)17-10-12-2-4-13(5-3-12)14(19)20/h2-5H,6-11H2,1H3,(H,19,20)(H2,17,18,21). The number of benzene rings is 1. The van der Waals surface area contributed by atoms with E-state index in [0.29, 0.717) is 13.1 Å². The molecule has 1 aromatic carbocycles. The Labute approximate surface area is 140 Å². The fourth-order valence-corrected chi connectivity index (χ4v) is 3.24. The maximum atomic E-state index is 11.9. The summed E-state index contributed by atoms with van der Waals surface area (Å²) < 4.78 is 5.44. The van der Waals surface area contributed by atoms with Crippen molar-refractivity contribution in [3.63, 3.8) is 0 Å². The van der Waals surface area contributed by atoms with Crippen LogP contribution in [0.15, 0.2) is 24.3 Å². The Balaban J connectivity index is 1.77. The lowest BCUT2D eigenvalue weighted by molar-refractivity contribution is 0.0696. The van der Waals surface area contributed by atoms with E-state index >= 15 is 0 Å². The Bertz CT molecular complexity index is 542. The minimum atomic E-state index is -0.957. The zero-order valence-electron chi connectivity index (χ0n) is 13.1. The topological polar surface area (TPSA) is 87.7 Å². The van der Waals surface area contributed by atoms with Crippen LogP contribution in [0.2, 0.25) is 0 Å². The number of thioether (sulfide) groups is 1. The second-order valence-electron chi connectivity index (χ2n) is 5.54. The summed E-state index contributed by atoms with van der Waals surface area (Å²) in [6.45, 7) is 2.45. The van der Waals surface area contributed by atoms with Crippen LogP contribution in [-0.4, -0.2) is 47.9 Å². The van der Waals surface area contributed by atoms with Gasteiger partial charge in [-0.3, -0.25) is 0 Å². The lowest BCUT2D eigenvalue weighted by atomic mass is 9.99. The summed E-state index contributed by atoms with van der Waals surface area (Å²) in [5, 5.41) is 14.6. The Kier molecular flexibility index (Phi) is 6.29. The number of amides is 2. The molecule has 0 spiro atoms. The third-order valence-corrected chi connectivity index (χ3v) is 5.48. The molecule has 0 saturated carbocycles. The highest BCUT2D eigenvalue weighted by Crippen LogP contribution is 2.32. The average molecular weight is 338 g/mol. The van der Waals surface area contributed by atoms with Crippen LogP contribution < -0.4 is 10.6 Å². The second-order valence-corrected chi connectivity index (χ2v) is 6.81. The Hall–Kier alpha value is -1.73. The summed E-state index contributed by atoms with van der Waals surface area (Å²) in [6.07, 6.45) is 3.94. The molecule has 1 aliphatic rings. The zero-order chi connectivity index (χ0) is 16.7. The Morgan fingerprint density at radius 2 is 1.87 bits per heavy atom. The molecule has 1 aliphatic heterocycles. The van der Waals surface area contributed by atoms with Gasteiger partial charge in [-0.1, -0.05) is 12.1 Å². The van der Waals surface area contributed by atoms with E-state index in [1.165, 1.54) is 12.1 Å². The number of carboxylic acids is 1. The second kappa shape index (κ2) is 8.21. The van der Waals surface area contributed by atoms with Crippen LogP contribution >= 0.6 is 11.8 Å². The summed E-state index contributed by atoms with van der Waals surface area (Å²) in [4.78, 5) is 22.7. The van der Waals surface area contributed by atoms with E-state index in [1.807, 2.05) is 0 Å². The van der Waals surface area contributed by atoms with Crippen molar-refractivity contribution in [2.45, 2.75) is 24.1 Å². The number of nitrogens with one attached hydrogen (secondary N) is 2. The van der Waals surface area contributed by atoms with Gasteiger partial charge in [-0.2, -0.15) is 11.8 Å². The third-order valence-electron chi connectivity index (χ3n) is 4.06. The van der Waals surface area contributed by atoms with Gasteiger partial charge in [-0.05, 0) is 36.8 Å². The molecule has 0 aliphatic carbocycles. The van der Waals surface area contributed by atoms with Crippen LogP contribution in [0.3, 0.4) is 0 Å². The molecule has 1 saturated heterocycles. The van der Waals surface area contributed by atoms with Crippen LogP contribution in [0, 0.1) is 0 Å². The molecule has 6 nitrogen and oxygen atoms in total. The summed E-state index contributed by atoms with van der Waals surface area (Å²) in [6, 6.07) is 6.24. The van der Waals surface area contributed by atoms with Crippen molar-refractivity contribution in [3.05, 3.63) is 35.4 Å². The highest BCUT2D eigenvalue weighted by molar-refractivity contribution is 8.00. The molecule has 1 aromatic rings. The fraction of sp³-hybridized carbons (Fsp3) is 0.500. The number of hydrogen-bond acceptors (Lipinski definition) is 4. The van der Waals surface area contributed by atoms with Crippen LogP contribution in [0.1, 0.15) is 28.8 Å². The Morgan fingerprint density at radius 1 is 1.22 bits per heavy atom. The molecule has 126 valence electrons. The minimum absolute atomic E-state index is 0.0543. The van der Waals surface area contributed by atoms with Gasteiger partial charge >= 0.3 is 12.0 Å². The van der Waals surface area contributed by atoms with Gasteiger partial charge in [0.05, 0.1) is 5.56 Å². The average Bonchev–Trinajstić information content (AvgIpc) is 2.59. The van der Waals surface area contributed by atoms with Gasteiger partial charge in [0, 0.05) is 31.1 Å². The number of urea groups is 1. The first-order valence-corrected chi connectivity index (χ1v) is 8.74. The summed E-state index contributed by atoms with van der Waals surface area (Å²) >= 11 is 1.78. The largest absolute Gasteiger partial charge is 0.478 e. The lowest BCUT2D eigenvalue weighted by Gasteiger charge is -2.35. The van der Waals surface area contributed by atoms with E-state index in [4.69, 9.17) is 9.84 Å². The summed E-state index contributed by atoms with van der Waals surface area (Å²) in [7, 11) is 0. The van der Waals surface area contributed by atoms with E-state index in [9.17, 15) is 9.59 Å². The van der Waals surface area contributed by atoms with Gasteiger partial charge in [-0.25, -0.2) is 9.59 Å². The van der Waals surface area contributed by atoms with Gasteiger partial charge in [0.15, 0.2) is 0 Å². The number of ether oxygens (including phenoxy) is 1. The molecule has 2 rings (SSSR count). The molecule has 3 N–H and O–H groups in total. The normalized spacial score (nSPS) is 16.6. The molecular weight excluding hydrogens is 316 g/mol. The molecular formula is C16H22N2O4S. The molecule has 1 heterocycles. The zero-order valence-corrected chi connectivity index (χ0v) is 13.9. The van der Waals surface area contributed by atoms with Gasteiger partial charge in [0.1, 0.15) is 0 Å². The first-order valence-electron chi connectivity index (χ1n) is 7.51. The molecule has 1 fully saturated rings. The van der Waals surface area contributed by atoms with Crippen LogP contribution in [0.5, 0.6) is 0 Å². The van der Waals surface area contributed by atoms with Crippen molar-refractivity contribution in [3.8, 4) is 0 Å². The quantitative estimate of drug-likeness (QED) is 0.739. The SMILES string of the molecule is CSC1(CNC(=O)NCc2ccc(C(=O)O)cc2)CCOCC1. The van der Waals surface area contributed by atoms with Gasteiger partial charge < -0.3 is 20.5 Å². The smallest absolute Gasteiger partial charge is 0.335 e. The number of carboxylic acid groups (broad SMARTS) is 1. The number of hydrogen-bond donors (Lipinski definition) is 3. The van der Waals surface area contributed by atoms with E-state index in [0.717, 1.165) is 31.6 Å². The highest BCUT2D eigenvalue weighted by atomic mass is 32.2. The molecule has 23 heavy (non-hydrogen) atoms. The van der Waals surface area contributed by atoms with Crippen molar-refractivity contribution in [2.75, 3.05) is 26.0 Å². The van der Waals surface area contributed by atoms with Crippen LogP contribution in [0.4, 0.5) is 4.79 Å². The predicted molar refractivity (Wildman–Crippen MR) is 89.9 cm³/mol. The first-order chi connectivity index (χ1) is 11.0. The molecule has 0 atom stereocenters.